The van der Waals surface area contributed by atoms with Crippen LogP contribution in [0.4, 0.5) is 4.39 Å². The highest BCUT2D eigenvalue weighted by Gasteiger charge is 2.15. The van der Waals surface area contributed by atoms with Crippen LogP contribution in [-0.4, -0.2) is 15.6 Å². The first kappa shape index (κ1) is 13.8. The van der Waals surface area contributed by atoms with Crippen LogP contribution >= 0.6 is 15.9 Å². The van der Waals surface area contributed by atoms with Gasteiger partial charge >= 0.3 is 5.97 Å². The minimum Gasteiger partial charge on any atom is -0.477 e. The van der Waals surface area contributed by atoms with Gasteiger partial charge in [0.2, 0.25) is 0 Å². The van der Waals surface area contributed by atoms with Crippen LogP contribution in [-0.2, 0) is 6.54 Å². The van der Waals surface area contributed by atoms with Crippen molar-refractivity contribution in [3.63, 3.8) is 0 Å². The fraction of sp³-hybridized carbons (Fsp3) is 0.214. The highest BCUT2D eigenvalue weighted by Crippen LogP contribution is 2.27. The second-order valence-corrected chi connectivity index (χ2v) is 5.04. The normalized spacial score (nSPS) is 10.7. The number of benzene rings is 1. The van der Waals surface area contributed by atoms with E-state index in [1.807, 2.05) is 6.92 Å². The number of carboxylic acid groups (broad SMARTS) is 1. The molecule has 0 saturated heterocycles. The van der Waals surface area contributed by atoms with Crippen molar-refractivity contribution in [1.82, 2.24) is 4.57 Å². The van der Waals surface area contributed by atoms with Gasteiger partial charge in [-0.15, -0.1) is 0 Å². The van der Waals surface area contributed by atoms with Crippen LogP contribution in [0.3, 0.4) is 0 Å². The molecule has 0 bridgehead atoms. The third-order valence-electron chi connectivity index (χ3n) is 2.86. The van der Waals surface area contributed by atoms with Gasteiger partial charge in [-0.05, 0) is 46.6 Å². The zero-order valence-corrected chi connectivity index (χ0v) is 11.9. The SMILES string of the molecule is CCCn1c(C(=O)O)ccc1-c1ccc(Br)c(F)c1. The Morgan fingerprint density at radius 2 is 2.11 bits per heavy atom. The zero-order chi connectivity index (χ0) is 14.0. The Morgan fingerprint density at radius 3 is 2.68 bits per heavy atom. The summed E-state index contributed by atoms with van der Waals surface area (Å²) in [5, 5.41) is 9.15. The van der Waals surface area contributed by atoms with E-state index in [1.165, 1.54) is 6.07 Å². The predicted molar refractivity (Wildman–Crippen MR) is 74.8 cm³/mol. The van der Waals surface area contributed by atoms with Crippen LogP contribution in [0.2, 0.25) is 0 Å². The fourth-order valence-electron chi connectivity index (χ4n) is 2.03. The van der Waals surface area contributed by atoms with E-state index in [2.05, 4.69) is 15.9 Å². The van der Waals surface area contributed by atoms with Crippen molar-refractivity contribution in [3.8, 4) is 11.3 Å². The van der Waals surface area contributed by atoms with E-state index in [1.54, 1.807) is 28.8 Å². The Kier molecular flexibility index (Phi) is 4.04. The lowest BCUT2D eigenvalue weighted by atomic mass is 10.1. The first-order valence-electron chi connectivity index (χ1n) is 5.92. The molecule has 0 amide bonds. The summed E-state index contributed by atoms with van der Waals surface area (Å²) in [5.41, 5.74) is 1.60. The lowest BCUT2D eigenvalue weighted by Gasteiger charge is -2.11. The monoisotopic (exact) mass is 325 g/mol. The summed E-state index contributed by atoms with van der Waals surface area (Å²) < 4.78 is 15.7. The summed E-state index contributed by atoms with van der Waals surface area (Å²) in [7, 11) is 0. The Balaban J connectivity index is 2.55. The van der Waals surface area contributed by atoms with Gasteiger partial charge in [0, 0.05) is 17.8 Å². The molecule has 1 aromatic carbocycles. The Labute approximate surface area is 118 Å². The number of nitrogens with zero attached hydrogens (tertiary/aromatic N) is 1. The summed E-state index contributed by atoms with van der Waals surface area (Å²) in [5.74, 6) is -1.34. The van der Waals surface area contributed by atoms with Gasteiger partial charge in [-0.25, -0.2) is 9.18 Å². The third-order valence-corrected chi connectivity index (χ3v) is 3.51. The summed E-state index contributed by atoms with van der Waals surface area (Å²) in [6.45, 7) is 2.55. The molecule has 1 aromatic heterocycles. The molecular weight excluding hydrogens is 313 g/mol. The van der Waals surface area contributed by atoms with Gasteiger partial charge in [0.15, 0.2) is 0 Å². The molecule has 0 unspecified atom stereocenters. The van der Waals surface area contributed by atoms with E-state index in [9.17, 15) is 9.18 Å². The molecular formula is C14H13BrFNO2. The molecule has 1 heterocycles. The van der Waals surface area contributed by atoms with E-state index < -0.39 is 5.97 Å². The van der Waals surface area contributed by atoms with Crippen molar-refractivity contribution in [2.75, 3.05) is 0 Å². The number of rotatable bonds is 4. The average molecular weight is 326 g/mol. The lowest BCUT2D eigenvalue weighted by Crippen LogP contribution is -2.09. The van der Waals surface area contributed by atoms with Gasteiger partial charge in [-0.1, -0.05) is 13.0 Å². The number of hydrogen-bond donors (Lipinski definition) is 1. The van der Waals surface area contributed by atoms with Gasteiger partial charge in [-0.3, -0.25) is 0 Å². The maximum atomic E-state index is 13.6. The zero-order valence-electron chi connectivity index (χ0n) is 10.4. The van der Waals surface area contributed by atoms with E-state index in [4.69, 9.17) is 5.11 Å². The van der Waals surface area contributed by atoms with Gasteiger partial charge < -0.3 is 9.67 Å². The van der Waals surface area contributed by atoms with Crippen LogP contribution < -0.4 is 0 Å². The highest BCUT2D eigenvalue weighted by molar-refractivity contribution is 9.10. The number of carboxylic acids is 1. The maximum absolute atomic E-state index is 13.6. The molecule has 0 fully saturated rings. The molecule has 0 atom stereocenters. The van der Waals surface area contributed by atoms with Crippen molar-refractivity contribution >= 4 is 21.9 Å². The minimum absolute atomic E-state index is 0.222. The van der Waals surface area contributed by atoms with Crippen LogP contribution in [0.15, 0.2) is 34.8 Å². The average Bonchev–Trinajstić information content (AvgIpc) is 2.77. The molecule has 0 aliphatic carbocycles. The molecule has 100 valence electrons. The quantitative estimate of drug-likeness (QED) is 0.916. The molecule has 0 saturated carbocycles. The highest BCUT2D eigenvalue weighted by atomic mass is 79.9. The third kappa shape index (κ3) is 2.71. The molecule has 3 nitrogen and oxygen atoms in total. The molecule has 19 heavy (non-hydrogen) atoms. The summed E-state index contributed by atoms with van der Waals surface area (Å²) in [6.07, 6.45) is 0.807. The lowest BCUT2D eigenvalue weighted by molar-refractivity contribution is 0.0685. The molecule has 0 spiro atoms. The Bertz CT molecular complexity index is 622. The number of halogens is 2. The maximum Gasteiger partial charge on any atom is 0.352 e. The van der Waals surface area contributed by atoms with E-state index in [0.717, 1.165) is 6.42 Å². The predicted octanol–water partition coefficient (Wildman–Crippen LogP) is 4.16. The van der Waals surface area contributed by atoms with E-state index in [0.29, 0.717) is 22.3 Å². The van der Waals surface area contributed by atoms with E-state index >= 15 is 0 Å². The molecule has 1 N–H and O–H groups in total. The number of hydrogen-bond acceptors (Lipinski definition) is 1. The first-order valence-corrected chi connectivity index (χ1v) is 6.72. The van der Waals surface area contributed by atoms with Gasteiger partial charge in [-0.2, -0.15) is 0 Å². The standard InChI is InChI=1S/C14H13BrFNO2/c1-2-7-17-12(5-6-13(17)14(18)19)9-3-4-10(15)11(16)8-9/h3-6,8H,2,7H2,1H3,(H,18,19). The number of aromatic nitrogens is 1. The van der Waals surface area contributed by atoms with Crippen LogP contribution in [0, 0.1) is 5.82 Å². The Morgan fingerprint density at radius 1 is 1.37 bits per heavy atom. The summed E-state index contributed by atoms with van der Waals surface area (Å²) in [6, 6.07) is 8.04. The van der Waals surface area contributed by atoms with E-state index in [-0.39, 0.29) is 11.5 Å². The molecule has 2 aromatic rings. The second-order valence-electron chi connectivity index (χ2n) is 4.19. The summed E-state index contributed by atoms with van der Waals surface area (Å²) >= 11 is 3.10. The van der Waals surface area contributed by atoms with Crippen LogP contribution in [0.1, 0.15) is 23.8 Å². The molecule has 0 radical (unpaired) electrons. The molecule has 2 rings (SSSR count). The molecule has 0 aliphatic heterocycles. The van der Waals surface area contributed by atoms with Gasteiger partial charge in [0.25, 0.3) is 0 Å². The second kappa shape index (κ2) is 5.57. The molecule has 0 aliphatic rings. The van der Waals surface area contributed by atoms with Crippen molar-refractivity contribution in [2.45, 2.75) is 19.9 Å². The van der Waals surface area contributed by atoms with Crippen LogP contribution in [0.5, 0.6) is 0 Å². The van der Waals surface area contributed by atoms with Crippen molar-refractivity contribution in [2.24, 2.45) is 0 Å². The van der Waals surface area contributed by atoms with Crippen molar-refractivity contribution in [1.29, 1.82) is 0 Å². The van der Waals surface area contributed by atoms with Crippen molar-refractivity contribution < 1.29 is 14.3 Å². The minimum atomic E-state index is -0.975. The fourth-order valence-corrected chi connectivity index (χ4v) is 2.27. The Hall–Kier alpha value is -1.62. The van der Waals surface area contributed by atoms with Gasteiger partial charge in [0.1, 0.15) is 11.5 Å². The number of aromatic carboxylic acids is 1. The van der Waals surface area contributed by atoms with Gasteiger partial charge in [0.05, 0.1) is 4.47 Å². The van der Waals surface area contributed by atoms with Crippen LogP contribution in [0.25, 0.3) is 11.3 Å². The first-order chi connectivity index (χ1) is 9.04. The van der Waals surface area contributed by atoms with Crippen molar-refractivity contribution in [3.05, 3.63) is 46.3 Å². The largest absolute Gasteiger partial charge is 0.477 e. The molecule has 5 heteroatoms. The number of carbonyl (C=O) groups is 1. The smallest absolute Gasteiger partial charge is 0.352 e. The topological polar surface area (TPSA) is 42.2 Å². The summed E-state index contributed by atoms with van der Waals surface area (Å²) in [4.78, 5) is 11.2.